The highest BCUT2D eigenvalue weighted by atomic mass is 16.2. The van der Waals surface area contributed by atoms with Crippen molar-refractivity contribution in [3.05, 3.63) is 59.7 Å². The molecule has 0 radical (unpaired) electrons. The van der Waals surface area contributed by atoms with E-state index in [-0.39, 0.29) is 6.04 Å². The topological polar surface area (TPSA) is 67.9 Å². The van der Waals surface area contributed by atoms with Crippen LogP contribution in [0.4, 0.5) is 11.4 Å². The molecular weight excluding hydrogens is 402 g/mol. The van der Waals surface area contributed by atoms with Gasteiger partial charge in [0.1, 0.15) is 0 Å². The Labute approximate surface area is 191 Å². The van der Waals surface area contributed by atoms with E-state index < -0.39 is 11.8 Å². The molecule has 0 unspecified atom stereocenters. The zero-order valence-electron chi connectivity index (χ0n) is 19.6. The second-order valence-corrected chi connectivity index (χ2v) is 8.56. The minimum Gasteiger partial charge on any atom is -0.378 e. The number of carbonyl (C=O) groups excluding carboxylic acids is 2. The minimum absolute atomic E-state index is 0.0144. The van der Waals surface area contributed by atoms with Crippen molar-refractivity contribution < 1.29 is 9.59 Å². The molecule has 1 heterocycles. The Morgan fingerprint density at radius 3 is 2.12 bits per heavy atom. The monoisotopic (exact) mass is 437 g/mol. The highest BCUT2D eigenvalue weighted by Crippen LogP contribution is 2.24. The van der Waals surface area contributed by atoms with E-state index in [4.69, 9.17) is 0 Å². The van der Waals surface area contributed by atoms with Crippen LogP contribution in [0, 0.1) is 0 Å². The lowest BCUT2D eigenvalue weighted by atomic mass is 10.0. The summed E-state index contributed by atoms with van der Waals surface area (Å²) >= 11 is 0. The number of aryl methyl sites for hydroxylation is 1. The molecule has 2 aromatic rings. The van der Waals surface area contributed by atoms with Gasteiger partial charge in [0.05, 0.1) is 6.04 Å². The van der Waals surface area contributed by atoms with Crippen molar-refractivity contribution in [3.63, 3.8) is 0 Å². The summed E-state index contributed by atoms with van der Waals surface area (Å²) < 4.78 is 0. The number of rotatable bonds is 7. The van der Waals surface area contributed by atoms with Crippen LogP contribution < -0.4 is 15.5 Å². The molecule has 0 spiro atoms. The third-order valence-electron chi connectivity index (χ3n) is 6.06. The minimum atomic E-state index is -0.644. The van der Waals surface area contributed by atoms with Crippen LogP contribution in [0.1, 0.15) is 24.1 Å². The maximum Gasteiger partial charge on any atom is 0.313 e. The number of hydrogen-bond acceptors (Lipinski definition) is 5. The van der Waals surface area contributed by atoms with Crippen LogP contribution in [0.5, 0.6) is 0 Å². The van der Waals surface area contributed by atoms with Crippen molar-refractivity contribution in [3.8, 4) is 0 Å². The molecule has 7 nitrogen and oxygen atoms in total. The maximum absolute atomic E-state index is 12.5. The van der Waals surface area contributed by atoms with Gasteiger partial charge in [-0.15, -0.1) is 0 Å². The van der Waals surface area contributed by atoms with E-state index in [1.807, 2.05) is 38.4 Å². The van der Waals surface area contributed by atoms with Gasteiger partial charge in [0.25, 0.3) is 0 Å². The van der Waals surface area contributed by atoms with Crippen molar-refractivity contribution in [2.45, 2.75) is 19.4 Å². The average molecular weight is 438 g/mol. The van der Waals surface area contributed by atoms with Crippen LogP contribution >= 0.6 is 0 Å². The Bertz CT molecular complexity index is 888. The number of anilines is 2. The Morgan fingerprint density at radius 2 is 1.56 bits per heavy atom. The third kappa shape index (κ3) is 6.31. The smallest absolute Gasteiger partial charge is 0.313 e. The summed E-state index contributed by atoms with van der Waals surface area (Å²) in [6.45, 7) is 6.26. The first kappa shape index (κ1) is 23.8. The molecular formula is C25H35N5O2. The van der Waals surface area contributed by atoms with Gasteiger partial charge >= 0.3 is 11.8 Å². The molecule has 1 aliphatic rings. The summed E-state index contributed by atoms with van der Waals surface area (Å²) in [5.74, 6) is -1.26. The van der Waals surface area contributed by atoms with Gasteiger partial charge < -0.3 is 20.4 Å². The average Bonchev–Trinajstić information content (AvgIpc) is 2.81. The summed E-state index contributed by atoms with van der Waals surface area (Å²) in [4.78, 5) is 31.7. The molecule has 0 bridgehead atoms. The summed E-state index contributed by atoms with van der Waals surface area (Å²) in [7, 11) is 6.15. The van der Waals surface area contributed by atoms with Crippen LogP contribution in [-0.4, -0.2) is 75.5 Å². The maximum atomic E-state index is 12.5. The predicted octanol–water partition coefficient (Wildman–Crippen LogP) is 2.36. The molecule has 2 aromatic carbocycles. The first-order chi connectivity index (χ1) is 15.4. The van der Waals surface area contributed by atoms with Crippen LogP contribution in [0.3, 0.4) is 0 Å². The van der Waals surface area contributed by atoms with Gasteiger partial charge in [-0.25, -0.2) is 0 Å². The van der Waals surface area contributed by atoms with E-state index in [0.29, 0.717) is 12.2 Å². The Balaban J connectivity index is 1.65. The quantitative estimate of drug-likeness (QED) is 0.651. The van der Waals surface area contributed by atoms with Crippen molar-refractivity contribution in [1.29, 1.82) is 0 Å². The summed E-state index contributed by atoms with van der Waals surface area (Å²) in [5.41, 5.74) is 4.07. The van der Waals surface area contributed by atoms with E-state index >= 15 is 0 Å². The lowest BCUT2D eigenvalue weighted by Crippen LogP contribution is -2.49. The van der Waals surface area contributed by atoms with Crippen molar-refractivity contribution in [1.82, 2.24) is 15.1 Å². The van der Waals surface area contributed by atoms with Crippen LogP contribution in [0.15, 0.2) is 48.5 Å². The first-order valence-electron chi connectivity index (χ1n) is 11.3. The van der Waals surface area contributed by atoms with Gasteiger partial charge in [0, 0.05) is 58.2 Å². The Kier molecular flexibility index (Phi) is 8.25. The molecule has 0 aromatic heterocycles. The van der Waals surface area contributed by atoms with Gasteiger partial charge in [-0.2, -0.15) is 0 Å². The second kappa shape index (κ2) is 11.1. The molecule has 0 saturated carbocycles. The molecule has 0 aliphatic carbocycles. The van der Waals surface area contributed by atoms with Crippen molar-refractivity contribution >= 4 is 23.2 Å². The number of nitrogens with zero attached hydrogens (tertiary/aromatic N) is 3. The van der Waals surface area contributed by atoms with Crippen LogP contribution in [0.25, 0.3) is 0 Å². The van der Waals surface area contributed by atoms with Gasteiger partial charge in [-0.3, -0.25) is 14.5 Å². The SMILES string of the molecule is CCc1ccc(NC(=O)C(=O)NC[C@@H](c2ccc(N(C)C)cc2)N2CCN(C)CC2)cc1. The molecule has 172 valence electrons. The molecule has 1 saturated heterocycles. The number of benzene rings is 2. The molecule has 1 fully saturated rings. The van der Waals surface area contributed by atoms with Gasteiger partial charge in [-0.1, -0.05) is 31.2 Å². The number of likely N-dealkylation sites (N-methyl/N-ethyl adjacent to an activating group) is 1. The van der Waals surface area contributed by atoms with E-state index in [1.54, 1.807) is 0 Å². The number of amides is 2. The first-order valence-corrected chi connectivity index (χ1v) is 11.3. The fourth-order valence-electron chi connectivity index (χ4n) is 3.87. The van der Waals surface area contributed by atoms with E-state index in [2.05, 4.69) is 63.6 Å². The number of nitrogens with one attached hydrogen (secondary N) is 2. The lowest BCUT2D eigenvalue weighted by Gasteiger charge is -2.38. The van der Waals surface area contributed by atoms with Gasteiger partial charge in [0.2, 0.25) is 0 Å². The lowest BCUT2D eigenvalue weighted by molar-refractivity contribution is -0.136. The largest absolute Gasteiger partial charge is 0.378 e. The second-order valence-electron chi connectivity index (χ2n) is 8.56. The zero-order valence-corrected chi connectivity index (χ0v) is 19.6. The zero-order chi connectivity index (χ0) is 23.1. The standard InChI is InChI=1S/C25H35N5O2/c1-5-19-6-10-21(11-7-19)27-25(32)24(31)26-18-23(30-16-14-29(4)15-17-30)20-8-12-22(13-9-20)28(2)3/h6-13,23H,5,14-18H2,1-4H3,(H,26,31)(H,27,32)/t23-/m0/s1. The predicted molar refractivity (Wildman–Crippen MR) is 130 cm³/mol. The molecule has 2 amide bonds. The van der Waals surface area contributed by atoms with Gasteiger partial charge in [0.15, 0.2) is 0 Å². The molecule has 2 N–H and O–H groups in total. The Morgan fingerprint density at radius 1 is 0.938 bits per heavy atom. The summed E-state index contributed by atoms with van der Waals surface area (Å²) in [6, 6.07) is 16.0. The van der Waals surface area contributed by atoms with E-state index in [0.717, 1.165) is 43.9 Å². The molecule has 7 heteroatoms. The molecule has 3 rings (SSSR count). The summed E-state index contributed by atoms with van der Waals surface area (Å²) in [6.07, 6.45) is 0.928. The molecule has 1 atom stereocenters. The van der Waals surface area contributed by atoms with E-state index in [1.165, 1.54) is 5.56 Å². The fourth-order valence-corrected chi connectivity index (χ4v) is 3.87. The highest BCUT2D eigenvalue weighted by molar-refractivity contribution is 6.39. The van der Waals surface area contributed by atoms with Gasteiger partial charge in [-0.05, 0) is 48.9 Å². The molecule has 32 heavy (non-hydrogen) atoms. The van der Waals surface area contributed by atoms with E-state index in [9.17, 15) is 9.59 Å². The summed E-state index contributed by atoms with van der Waals surface area (Å²) in [5, 5.41) is 5.54. The number of piperazine rings is 1. The Hall–Kier alpha value is -2.90. The normalized spacial score (nSPS) is 15.8. The molecule has 1 aliphatic heterocycles. The van der Waals surface area contributed by atoms with Crippen LogP contribution in [-0.2, 0) is 16.0 Å². The van der Waals surface area contributed by atoms with Crippen molar-refractivity contribution in [2.75, 3.05) is 64.1 Å². The van der Waals surface area contributed by atoms with Crippen molar-refractivity contribution in [2.24, 2.45) is 0 Å². The van der Waals surface area contributed by atoms with Crippen LogP contribution in [0.2, 0.25) is 0 Å². The fraction of sp³-hybridized carbons (Fsp3) is 0.440. The third-order valence-corrected chi connectivity index (χ3v) is 6.06. The highest BCUT2D eigenvalue weighted by Gasteiger charge is 2.25. The number of carbonyl (C=O) groups is 2. The number of hydrogen-bond donors (Lipinski definition) is 2.